The zero-order valence-electron chi connectivity index (χ0n) is 13.2. The van der Waals surface area contributed by atoms with E-state index < -0.39 is 10.0 Å². The molecule has 4 heterocycles. The average molecular weight is 396 g/mol. The van der Waals surface area contributed by atoms with Crippen molar-refractivity contribution in [2.75, 3.05) is 13.6 Å². The van der Waals surface area contributed by atoms with Gasteiger partial charge in [0.15, 0.2) is 10.1 Å². The summed E-state index contributed by atoms with van der Waals surface area (Å²) in [6, 6.07) is 3.46. The third-order valence-corrected chi connectivity index (χ3v) is 6.76. The third kappa shape index (κ3) is 2.54. The molecule has 0 spiro atoms. The van der Waals surface area contributed by atoms with Gasteiger partial charge in [0, 0.05) is 24.0 Å². The molecule has 10 heteroatoms. The Morgan fingerprint density at radius 2 is 2.24 bits per heavy atom. The number of likely N-dealkylation sites (N-methyl/N-ethyl adjacent to an activating group) is 1. The van der Waals surface area contributed by atoms with Crippen LogP contribution in [0.2, 0.25) is 5.15 Å². The molecule has 0 atom stereocenters. The fourth-order valence-electron chi connectivity index (χ4n) is 2.80. The Hall–Kier alpha value is -1.94. The van der Waals surface area contributed by atoms with E-state index in [1.54, 1.807) is 36.1 Å². The predicted octanol–water partition coefficient (Wildman–Crippen LogP) is 2.40. The van der Waals surface area contributed by atoms with Crippen molar-refractivity contribution in [1.82, 2.24) is 23.7 Å². The average Bonchev–Trinajstić information content (AvgIpc) is 3.25. The quantitative estimate of drug-likeness (QED) is 0.561. The van der Waals surface area contributed by atoms with Crippen LogP contribution in [0.25, 0.3) is 16.0 Å². The standard InChI is InChI=1S/C15H14ClN5O2S2/c1-17-6-4-10-9-21(11-3-2-5-18-12(10)11)25(22,23)14-13(16)19-15-20(14)7-8-24-15/h2-3,5,7-9,17H,4,6H2,1H3. The van der Waals surface area contributed by atoms with Gasteiger partial charge in [-0.25, -0.2) is 8.96 Å². The summed E-state index contributed by atoms with van der Waals surface area (Å²) < 4.78 is 29.4. The summed E-state index contributed by atoms with van der Waals surface area (Å²) >= 11 is 7.47. The molecule has 0 aromatic carbocycles. The number of nitrogens with one attached hydrogen (secondary N) is 1. The van der Waals surface area contributed by atoms with Gasteiger partial charge in [0.2, 0.25) is 5.03 Å². The number of rotatable bonds is 5. The summed E-state index contributed by atoms with van der Waals surface area (Å²) in [4.78, 5) is 9.02. The molecule has 0 saturated carbocycles. The van der Waals surface area contributed by atoms with Gasteiger partial charge >= 0.3 is 0 Å². The lowest BCUT2D eigenvalue weighted by molar-refractivity contribution is 0.584. The SMILES string of the molecule is CNCCc1cn(S(=O)(=O)c2c(Cl)nc3sccn23)c2cccnc12. The Morgan fingerprint density at radius 3 is 3.04 bits per heavy atom. The van der Waals surface area contributed by atoms with Crippen molar-refractivity contribution in [2.24, 2.45) is 0 Å². The van der Waals surface area contributed by atoms with Gasteiger partial charge in [-0.05, 0) is 37.7 Å². The molecule has 4 aromatic heterocycles. The summed E-state index contributed by atoms with van der Waals surface area (Å²) in [5.41, 5.74) is 2.05. The van der Waals surface area contributed by atoms with E-state index in [0.717, 1.165) is 12.1 Å². The van der Waals surface area contributed by atoms with Gasteiger partial charge in [-0.3, -0.25) is 9.38 Å². The normalized spacial score (nSPS) is 12.4. The summed E-state index contributed by atoms with van der Waals surface area (Å²) in [5, 5.41) is 4.77. The first-order valence-corrected chi connectivity index (χ1v) is 10.2. The van der Waals surface area contributed by atoms with Crippen LogP contribution in [-0.4, -0.2) is 40.4 Å². The smallest absolute Gasteiger partial charge is 0.287 e. The third-order valence-electron chi connectivity index (χ3n) is 3.93. The number of halogens is 1. The fraction of sp³-hybridized carbons (Fsp3) is 0.200. The van der Waals surface area contributed by atoms with Gasteiger partial charge < -0.3 is 5.32 Å². The number of thiazole rings is 1. The first-order valence-electron chi connectivity index (χ1n) is 7.50. The first-order chi connectivity index (χ1) is 12.0. The van der Waals surface area contributed by atoms with Crippen molar-refractivity contribution in [3.8, 4) is 0 Å². The zero-order chi connectivity index (χ0) is 17.6. The Bertz CT molecular complexity index is 1180. The minimum Gasteiger partial charge on any atom is -0.319 e. The van der Waals surface area contributed by atoms with E-state index in [2.05, 4.69) is 15.3 Å². The first kappa shape index (κ1) is 16.5. The molecule has 0 bridgehead atoms. The van der Waals surface area contributed by atoms with Crippen LogP contribution >= 0.6 is 22.9 Å². The fourth-order valence-corrected chi connectivity index (χ4v) is 5.60. The molecule has 0 amide bonds. The van der Waals surface area contributed by atoms with Crippen LogP contribution in [0.1, 0.15) is 5.56 Å². The minimum atomic E-state index is -3.92. The lowest BCUT2D eigenvalue weighted by atomic mass is 10.2. The van der Waals surface area contributed by atoms with E-state index in [-0.39, 0.29) is 10.2 Å². The lowest BCUT2D eigenvalue weighted by Gasteiger charge is -2.06. The maximum atomic E-state index is 13.3. The maximum absolute atomic E-state index is 13.3. The maximum Gasteiger partial charge on any atom is 0.287 e. The van der Waals surface area contributed by atoms with Crippen molar-refractivity contribution >= 4 is 49.0 Å². The number of hydrogen-bond acceptors (Lipinski definition) is 6. The Morgan fingerprint density at radius 1 is 1.40 bits per heavy atom. The molecular weight excluding hydrogens is 382 g/mol. The monoisotopic (exact) mass is 395 g/mol. The van der Waals surface area contributed by atoms with Crippen LogP contribution in [-0.2, 0) is 16.4 Å². The van der Waals surface area contributed by atoms with Crippen LogP contribution in [0.5, 0.6) is 0 Å². The largest absolute Gasteiger partial charge is 0.319 e. The highest BCUT2D eigenvalue weighted by Gasteiger charge is 2.29. The number of fused-ring (bicyclic) bond motifs is 2. The molecule has 0 radical (unpaired) electrons. The Labute approximate surface area is 152 Å². The highest BCUT2D eigenvalue weighted by atomic mass is 35.5. The molecule has 1 N–H and O–H groups in total. The van der Waals surface area contributed by atoms with Gasteiger partial charge in [-0.15, -0.1) is 11.3 Å². The van der Waals surface area contributed by atoms with E-state index in [0.29, 0.717) is 22.4 Å². The van der Waals surface area contributed by atoms with Gasteiger partial charge in [0.05, 0.1) is 11.0 Å². The van der Waals surface area contributed by atoms with Crippen molar-refractivity contribution < 1.29 is 8.42 Å². The second-order valence-electron chi connectivity index (χ2n) is 5.44. The minimum absolute atomic E-state index is 0.0330. The summed E-state index contributed by atoms with van der Waals surface area (Å²) in [7, 11) is -2.07. The number of nitrogens with zero attached hydrogens (tertiary/aromatic N) is 4. The number of pyridine rings is 1. The molecule has 130 valence electrons. The van der Waals surface area contributed by atoms with Crippen LogP contribution in [0.3, 0.4) is 0 Å². The topological polar surface area (TPSA) is 81.3 Å². The van der Waals surface area contributed by atoms with Crippen LogP contribution in [0.4, 0.5) is 0 Å². The molecule has 0 unspecified atom stereocenters. The van der Waals surface area contributed by atoms with Crippen LogP contribution in [0, 0.1) is 0 Å². The number of hydrogen-bond donors (Lipinski definition) is 1. The van der Waals surface area contributed by atoms with E-state index in [9.17, 15) is 8.42 Å². The van der Waals surface area contributed by atoms with Gasteiger partial charge in [0.25, 0.3) is 10.0 Å². The second kappa shape index (κ2) is 6.10. The molecule has 7 nitrogen and oxygen atoms in total. The highest BCUT2D eigenvalue weighted by molar-refractivity contribution is 7.90. The zero-order valence-corrected chi connectivity index (χ0v) is 15.6. The molecule has 0 aliphatic rings. The lowest BCUT2D eigenvalue weighted by Crippen LogP contribution is -2.14. The van der Waals surface area contributed by atoms with Crippen molar-refractivity contribution in [3.63, 3.8) is 0 Å². The van der Waals surface area contributed by atoms with E-state index in [1.165, 1.54) is 19.7 Å². The van der Waals surface area contributed by atoms with Crippen molar-refractivity contribution in [1.29, 1.82) is 0 Å². The molecule has 0 fully saturated rings. The van der Waals surface area contributed by atoms with Crippen molar-refractivity contribution in [3.05, 3.63) is 46.8 Å². The van der Waals surface area contributed by atoms with E-state index >= 15 is 0 Å². The summed E-state index contributed by atoms with van der Waals surface area (Å²) in [6.07, 6.45) is 5.59. The molecule has 25 heavy (non-hydrogen) atoms. The van der Waals surface area contributed by atoms with Gasteiger partial charge in [-0.2, -0.15) is 8.42 Å². The molecular formula is C15H14ClN5O2S2. The van der Waals surface area contributed by atoms with Crippen molar-refractivity contribution in [2.45, 2.75) is 11.4 Å². The van der Waals surface area contributed by atoms with Gasteiger partial charge in [-0.1, -0.05) is 11.6 Å². The van der Waals surface area contributed by atoms with Crippen LogP contribution < -0.4 is 5.32 Å². The predicted molar refractivity (Wildman–Crippen MR) is 98.0 cm³/mol. The Kier molecular flexibility index (Phi) is 4.03. The molecule has 0 saturated heterocycles. The molecule has 0 aliphatic carbocycles. The number of imidazole rings is 1. The molecule has 4 aromatic rings. The summed E-state index contributed by atoms with van der Waals surface area (Å²) in [5.74, 6) is 0. The molecule has 4 rings (SSSR count). The van der Waals surface area contributed by atoms with Gasteiger partial charge in [0.1, 0.15) is 0 Å². The van der Waals surface area contributed by atoms with E-state index in [4.69, 9.17) is 11.6 Å². The number of aromatic nitrogens is 4. The summed E-state index contributed by atoms with van der Waals surface area (Å²) in [6.45, 7) is 0.720. The van der Waals surface area contributed by atoms with Crippen LogP contribution in [0.15, 0.2) is 41.1 Å². The highest BCUT2D eigenvalue weighted by Crippen LogP contribution is 2.30. The Balaban J connectivity index is 1.97. The van der Waals surface area contributed by atoms with E-state index in [1.807, 2.05) is 7.05 Å². The molecule has 0 aliphatic heterocycles. The second-order valence-corrected chi connectivity index (χ2v) is 8.40.